The number of aromatic nitrogens is 1. The Balaban J connectivity index is 1.66. The number of aryl methyl sites for hydroxylation is 2. The molecule has 3 amide bonds. The van der Waals surface area contributed by atoms with E-state index in [2.05, 4.69) is 15.6 Å². The fourth-order valence-electron chi connectivity index (χ4n) is 2.60. The number of imide groups is 1. The molecular formula is C17H18N4O2S2. The number of hydrogen-bond donors (Lipinski definition) is 3. The highest BCUT2D eigenvalue weighted by molar-refractivity contribution is 7.21. The number of rotatable bonds is 4. The van der Waals surface area contributed by atoms with Crippen LogP contribution >= 0.6 is 22.7 Å². The van der Waals surface area contributed by atoms with Gasteiger partial charge in [-0.15, -0.1) is 22.7 Å². The van der Waals surface area contributed by atoms with Gasteiger partial charge in [-0.05, 0) is 43.3 Å². The van der Waals surface area contributed by atoms with Crippen molar-refractivity contribution < 1.29 is 9.59 Å². The monoisotopic (exact) mass is 374 g/mol. The smallest absolute Gasteiger partial charge is 0.321 e. The lowest BCUT2D eigenvalue weighted by Crippen LogP contribution is -2.40. The van der Waals surface area contributed by atoms with E-state index in [1.165, 1.54) is 16.2 Å². The van der Waals surface area contributed by atoms with Crippen LogP contribution in [0, 0.1) is 13.8 Å². The zero-order valence-corrected chi connectivity index (χ0v) is 15.5. The molecule has 3 rings (SSSR count). The first-order valence-electron chi connectivity index (χ1n) is 7.73. The summed E-state index contributed by atoms with van der Waals surface area (Å²) >= 11 is 2.83. The molecule has 0 bridgehead atoms. The Labute approximate surface area is 153 Å². The third kappa shape index (κ3) is 3.80. The predicted molar refractivity (Wildman–Crippen MR) is 102 cm³/mol. The highest BCUT2D eigenvalue weighted by atomic mass is 32.1. The first kappa shape index (κ1) is 17.4. The maximum atomic E-state index is 12.4. The Morgan fingerprint density at radius 3 is 2.84 bits per heavy atom. The van der Waals surface area contributed by atoms with E-state index in [0.717, 1.165) is 23.1 Å². The minimum Gasteiger partial charge on any atom is -0.397 e. The standard InChI is InChI=1S/C17H18N4O2S2/c1-9-8-10(2)20-16-12(9)13(18)14(25-16)15(22)21-17(23)19-6-5-11-4-3-7-24-11/h3-4,7-8H,5-6,18H2,1-2H3,(H2,19,21,22,23). The van der Waals surface area contributed by atoms with Crippen molar-refractivity contribution in [2.75, 3.05) is 12.3 Å². The second-order valence-corrected chi connectivity index (χ2v) is 7.68. The van der Waals surface area contributed by atoms with Crippen molar-refractivity contribution in [2.24, 2.45) is 0 Å². The summed E-state index contributed by atoms with van der Waals surface area (Å²) in [7, 11) is 0. The predicted octanol–water partition coefficient (Wildman–Crippen LogP) is 3.24. The summed E-state index contributed by atoms with van der Waals surface area (Å²) in [5, 5.41) is 7.77. The quantitative estimate of drug-likeness (QED) is 0.653. The number of urea groups is 1. The average Bonchev–Trinajstić information content (AvgIpc) is 3.15. The molecule has 25 heavy (non-hydrogen) atoms. The number of nitrogens with one attached hydrogen (secondary N) is 2. The lowest BCUT2D eigenvalue weighted by molar-refractivity contribution is 0.0969. The minimum absolute atomic E-state index is 0.310. The van der Waals surface area contributed by atoms with Gasteiger partial charge in [-0.1, -0.05) is 6.07 Å². The van der Waals surface area contributed by atoms with Crippen molar-refractivity contribution in [1.29, 1.82) is 0 Å². The van der Waals surface area contributed by atoms with Crippen LogP contribution in [0.1, 0.15) is 25.8 Å². The Kier molecular flexibility index (Phi) is 5.00. The number of pyridine rings is 1. The van der Waals surface area contributed by atoms with Crippen LogP contribution in [0.15, 0.2) is 23.6 Å². The second kappa shape index (κ2) is 7.20. The maximum absolute atomic E-state index is 12.4. The molecule has 0 aliphatic rings. The van der Waals surface area contributed by atoms with E-state index in [1.807, 2.05) is 37.4 Å². The number of nitrogens with zero attached hydrogens (tertiary/aromatic N) is 1. The zero-order valence-electron chi connectivity index (χ0n) is 13.9. The van der Waals surface area contributed by atoms with E-state index < -0.39 is 11.9 Å². The minimum atomic E-state index is -0.528. The Morgan fingerprint density at radius 1 is 1.32 bits per heavy atom. The summed E-state index contributed by atoms with van der Waals surface area (Å²) < 4.78 is 0. The summed E-state index contributed by atoms with van der Waals surface area (Å²) in [6, 6.07) is 5.36. The van der Waals surface area contributed by atoms with E-state index in [0.29, 0.717) is 21.9 Å². The van der Waals surface area contributed by atoms with Gasteiger partial charge in [0.25, 0.3) is 5.91 Å². The Morgan fingerprint density at radius 2 is 2.12 bits per heavy atom. The molecule has 3 aromatic rings. The fourth-order valence-corrected chi connectivity index (χ4v) is 4.42. The molecule has 0 fully saturated rings. The largest absolute Gasteiger partial charge is 0.397 e. The molecule has 4 N–H and O–H groups in total. The molecule has 6 nitrogen and oxygen atoms in total. The van der Waals surface area contributed by atoms with Gasteiger partial charge in [-0.2, -0.15) is 0 Å². The summed E-state index contributed by atoms with van der Waals surface area (Å²) in [6.07, 6.45) is 0.729. The van der Waals surface area contributed by atoms with Crippen molar-refractivity contribution in [2.45, 2.75) is 20.3 Å². The van der Waals surface area contributed by atoms with Gasteiger partial charge in [0.05, 0.1) is 5.69 Å². The number of nitrogen functional groups attached to an aromatic ring is 1. The molecule has 0 radical (unpaired) electrons. The number of nitrogens with two attached hydrogens (primary N) is 1. The summed E-state index contributed by atoms with van der Waals surface area (Å²) in [5.74, 6) is -0.508. The maximum Gasteiger partial charge on any atom is 0.321 e. The topological polar surface area (TPSA) is 97.1 Å². The molecule has 0 aromatic carbocycles. The van der Waals surface area contributed by atoms with Gasteiger partial charge in [0, 0.05) is 22.5 Å². The number of fused-ring (bicyclic) bond motifs is 1. The highest BCUT2D eigenvalue weighted by Crippen LogP contribution is 2.34. The molecule has 3 heterocycles. The fraction of sp³-hybridized carbons (Fsp3) is 0.235. The third-order valence-electron chi connectivity index (χ3n) is 3.69. The van der Waals surface area contributed by atoms with Crippen LogP contribution in [0.2, 0.25) is 0 Å². The second-order valence-electron chi connectivity index (χ2n) is 5.64. The molecule has 0 saturated heterocycles. The third-order valence-corrected chi connectivity index (χ3v) is 5.73. The van der Waals surface area contributed by atoms with Gasteiger partial charge in [-0.25, -0.2) is 9.78 Å². The van der Waals surface area contributed by atoms with Gasteiger partial charge in [0.15, 0.2) is 0 Å². The van der Waals surface area contributed by atoms with Crippen molar-refractivity contribution in [3.63, 3.8) is 0 Å². The van der Waals surface area contributed by atoms with Crippen molar-refractivity contribution >= 4 is 50.5 Å². The number of thiophene rings is 2. The summed E-state index contributed by atoms with van der Waals surface area (Å²) in [4.78, 5) is 30.9. The lowest BCUT2D eigenvalue weighted by atomic mass is 10.1. The van der Waals surface area contributed by atoms with E-state index in [9.17, 15) is 9.59 Å². The molecule has 3 aromatic heterocycles. The number of amides is 3. The molecule has 0 spiro atoms. The molecule has 0 aliphatic carbocycles. The first-order chi connectivity index (χ1) is 12.0. The Bertz CT molecular complexity index is 932. The van der Waals surface area contributed by atoms with Gasteiger partial charge in [-0.3, -0.25) is 10.1 Å². The normalized spacial score (nSPS) is 10.8. The Hall–Kier alpha value is -2.45. The van der Waals surface area contributed by atoms with Crippen LogP contribution in [0.5, 0.6) is 0 Å². The van der Waals surface area contributed by atoms with E-state index in [4.69, 9.17) is 5.73 Å². The van der Waals surface area contributed by atoms with Crippen LogP contribution < -0.4 is 16.4 Å². The molecule has 8 heteroatoms. The van der Waals surface area contributed by atoms with Crippen molar-refractivity contribution in [3.05, 3.63) is 44.6 Å². The average molecular weight is 374 g/mol. The van der Waals surface area contributed by atoms with Crippen LogP contribution in [0.3, 0.4) is 0 Å². The van der Waals surface area contributed by atoms with Crippen molar-refractivity contribution in [1.82, 2.24) is 15.6 Å². The van der Waals surface area contributed by atoms with E-state index in [-0.39, 0.29) is 0 Å². The van der Waals surface area contributed by atoms with Gasteiger partial charge in [0.1, 0.15) is 9.71 Å². The van der Waals surface area contributed by atoms with E-state index >= 15 is 0 Å². The van der Waals surface area contributed by atoms with Gasteiger partial charge < -0.3 is 11.1 Å². The van der Waals surface area contributed by atoms with Crippen LogP contribution in [-0.4, -0.2) is 23.5 Å². The van der Waals surface area contributed by atoms with Crippen molar-refractivity contribution in [3.8, 4) is 0 Å². The number of carbonyl (C=O) groups is 2. The molecule has 130 valence electrons. The molecule has 0 unspecified atom stereocenters. The summed E-state index contributed by atoms with van der Waals surface area (Å²) in [5.41, 5.74) is 8.31. The molecule has 0 saturated carbocycles. The molecule has 0 aliphatic heterocycles. The highest BCUT2D eigenvalue weighted by Gasteiger charge is 2.20. The molecule has 0 atom stereocenters. The molecular weight excluding hydrogens is 356 g/mol. The number of carbonyl (C=O) groups excluding carboxylic acids is 2. The SMILES string of the molecule is Cc1cc(C)c2c(N)c(C(=O)NC(=O)NCCc3cccs3)sc2n1. The van der Waals surface area contributed by atoms with Crippen LogP contribution in [-0.2, 0) is 6.42 Å². The lowest BCUT2D eigenvalue weighted by Gasteiger charge is -2.05. The van der Waals surface area contributed by atoms with Gasteiger partial charge in [0.2, 0.25) is 0 Å². The number of hydrogen-bond acceptors (Lipinski definition) is 6. The van der Waals surface area contributed by atoms with Gasteiger partial charge >= 0.3 is 6.03 Å². The zero-order chi connectivity index (χ0) is 18.0. The van der Waals surface area contributed by atoms with Crippen LogP contribution in [0.25, 0.3) is 10.2 Å². The van der Waals surface area contributed by atoms with Crippen LogP contribution in [0.4, 0.5) is 10.5 Å². The van der Waals surface area contributed by atoms with E-state index in [1.54, 1.807) is 11.3 Å². The number of anilines is 1. The summed E-state index contributed by atoms with van der Waals surface area (Å²) in [6.45, 7) is 4.28. The first-order valence-corrected chi connectivity index (χ1v) is 9.43.